The van der Waals surface area contributed by atoms with Crippen LogP contribution < -0.4 is 10.1 Å². The number of anilines is 1. The molecule has 25 heavy (non-hydrogen) atoms. The molecule has 0 radical (unpaired) electrons. The standard InChI is InChI=1S/C17H14F3N3O2/c1-24-12-5-2-4-11(8-12)10-21-16-22-13(14-6-3-7-25-14)9-15(23-16)17(18,19)20/h2-9H,10H2,1H3,(H,21,22,23). The molecule has 0 unspecified atom stereocenters. The molecule has 8 heteroatoms. The van der Waals surface area contributed by atoms with E-state index >= 15 is 0 Å². The number of nitrogens with zero attached hydrogens (tertiary/aromatic N) is 2. The fourth-order valence-electron chi connectivity index (χ4n) is 2.19. The number of ether oxygens (including phenoxy) is 1. The van der Waals surface area contributed by atoms with Crippen LogP contribution >= 0.6 is 0 Å². The second kappa shape index (κ2) is 6.84. The molecule has 2 heterocycles. The van der Waals surface area contributed by atoms with Crippen molar-refractivity contribution in [3.8, 4) is 17.2 Å². The summed E-state index contributed by atoms with van der Waals surface area (Å²) in [5.41, 5.74) is -0.164. The Bertz CT molecular complexity index is 849. The summed E-state index contributed by atoms with van der Waals surface area (Å²) in [7, 11) is 1.54. The largest absolute Gasteiger partial charge is 0.497 e. The van der Waals surface area contributed by atoms with E-state index in [0.717, 1.165) is 11.6 Å². The van der Waals surface area contributed by atoms with E-state index in [2.05, 4.69) is 15.3 Å². The predicted molar refractivity (Wildman–Crippen MR) is 85.1 cm³/mol. The van der Waals surface area contributed by atoms with Crippen molar-refractivity contribution in [2.24, 2.45) is 0 Å². The summed E-state index contributed by atoms with van der Waals surface area (Å²) < 4.78 is 49.5. The van der Waals surface area contributed by atoms with Gasteiger partial charge < -0.3 is 14.5 Å². The third-order valence-electron chi connectivity index (χ3n) is 3.37. The van der Waals surface area contributed by atoms with Crippen LogP contribution in [0.15, 0.2) is 53.1 Å². The zero-order valence-electron chi connectivity index (χ0n) is 13.2. The molecule has 0 atom stereocenters. The van der Waals surface area contributed by atoms with Gasteiger partial charge in [-0.15, -0.1) is 0 Å². The zero-order valence-corrected chi connectivity index (χ0v) is 13.2. The highest BCUT2D eigenvalue weighted by Crippen LogP contribution is 2.31. The summed E-state index contributed by atoms with van der Waals surface area (Å²) in [6.07, 6.45) is -3.22. The highest BCUT2D eigenvalue weighted by molar-refractivity contribution is 5.54. The van der Waals surface area contributed by atoms with Gasteiger partial charge >= 0.3 is 6.18 Å². The van der Waals surface area contributed by atoms with Crippen LogP contribution in [-0.4, -0.2) is 17.1 Å². The van der Waals surface area contributed by atoms with Gasteiger partial charge in [-0.1, -0.05) is 12.1 Å². The number of rotatable bonds is 5. The molecule has 130 valence electrons. The maximum absolute atomic E-state index is 13.1. The molecule has 5 nitrogen and oxygen atoms in total. The highest BCUT2D eigenvalue weighted by atomic mass is 19.4. The minimum Gasteiger partial charge on any atom is -0.497 e. The maximum atomic E-state index is 13.1. The smallest absolute Gasteiger partial charge is 0.433 e. The molecule has 1 aromatic carbocycles. The molecule has 0 aliphatic rings. The van der Waals surface area contributed by atoms with Crippen molar-refractivity contribution in [3.63, 3.8) is 0 Å². The van der Waals surface area contributed by atoms with E-state index in [1.807, 2.05) is 6.07 Å². The number of halogens is 3. The molecule has 0 amide bonds. The lowest BCUT2D eigenvalue weighted by Crippen LogP contribution is -2.12. The van der Waals surface area contributed by atoms with E-state index in [-0.39, 0.29) is 23.9 Å². The van der Waals surface area contributed by atoms with E-state index in [4.69, 9.17) is 9.15 Å². The van der Waals surface area contributed by atoms with Crippen molar-refractivity contribution < 1.29 is 22.3 Å². The molecule has 0 spiro atoms. The second-order valence-corrected chi connectivity index (χ2v) is 5.14. The second-order valence-electron chi connectivity index (χ2n) is 5.14. The Morgan fingerprint density at radius 1 is 1.12 bits per heavy atom. The Labute approximate surface area is 141 Å². The maximum Gasteiger partial charge on any atom is 0.433 e. The van der Waals surface area contributed by atoms with Crippen LogP contribution in [0.2, 0.25) is 0 Å². The summed E-state index contributed by atoms with van der Waals surface area (Å²) in [6.45, 7) is 0.246. The predicted octanol–water partition coefficient (Wildman–Crippen LogP) is 4.38. The van der Waals surface area contributed by atoms with Gasteiger partial charge in [0, 0.05) is 6.54 Å². The van der Waals surface area contributed by atoms with Crippen molar-refractivity contribution in [3.05, 3.63) is 60.0 Å². The first-order chi connectivity index (χ1) is 12.0. The Morgan fingerprint density at radius 3 is 2.64 bits per heavy atom. The van der Waals surface area contributed by atoms with Gasteiger partial charge in [0.1, 0.15) is 11.4 Å². The van der Waals surface area contributed by atoms with E-state index in [1.165, 1.54) is 19.4 Å². The lowest BCUT2D eigenvalue weighted by atomic mass is 10.2. The zero-order chi connectivity index (χ0) is 17.9. The molecular weight excluding hydrogens is 335 g/mol. The van der Waals surface area contributed by atoms with Crippen molar-refractivity contribution >= 4 is 5.95 Å². The van der Waals surface area contributed by atoms with Gasteiger partial charge in [-0.25, -0.2) is 9.97 Å². The first-order valence-electron chi connectivity index (χ1n) is 7.32. The monoisotopic (exact) mass is 349 g/mol. The molecular formula is C17H14F3N3O2. The third kappa shape index (κ3) is 4.09. The van der Waals surface area contributed by atoms with Crippen LogP contribution in [0.3, 0.4) is 0 Å². The van der Waals surface area contributed by atoms with E-state index < -0.39 is 11.9 Å². The number of furan rings is 1. The molecule has 0 aliphatic heterocycles. The quantitative estimate of drug-likeness (QED) is 0.741. The van der Waals surface area contributed by atoms with Crippen LogP contribution in [0.5, 0.6) is 5.75 Å². The third-order valence-corrected chi connectivity index (χ3v) is 3.37. The first kappa shape index (κ1) is 16.8. The van der Waals surface area contributed by atoms with E-state index in [1.54, 1.807) is 24.3 Å². The molecule has 1 N–H and O–H groups in total. The Balaban J connectivity index is 1.88. The number of alkyl halides is 3. The fourth-order valence-corrected chi connectivity index (χ4v) is 2.19. The van der Waals surface area contributed by atoms with Crippen molar-refractivity contribution in [2.75, 3.05) is 12.4 Å². The van der Waals surface area contributed by atoms with Gasteiger partial charge in [-0.05, 0) is 35.9 Å². The fraction of sp³-hybridized carbons (Fsp3) is 0.176. The molecule has 3 rings (SSSR count). The molecule has 0 bridgehead atoms. The van der Waals surface area contributed by atoms with Gasteiger partial charge in [-0.2, -0.15) is 13.2 Å². The normalized spacial score (nSPS) is 11.4. The summed E-state index contributed by atoms with van der Waals surface area (Å²) in [6, 6.07) is 11.1. The molecule has 0 saturated carbocycles. The van der Waals surface area contributed by atoms with Gasteiger partial charge in [0.15, 0.2) is 11.5 Å². The molecule has 3 aromatic rings. The number of methoxy groups -OCH3 is 1. The highest BCUT2D eigenvalue weighted by Gasteiger charge is 2.34. The number of hydrogen-bond acceptors (Lipinski definition) is 5. The SMILES string of the molecule is COc1cccc(CNc2nc(-c3ccco3)cc(C(F)(F)F)n2)c1. The van der Waals surface area contributed by atoms with Crippen molar-refractivity contribution in [2.45, 2.75) is 12.7 Å². The van der Waals surface area contributed by atoms with Gasteiger partial charge in [-0.3, -0.25) is 0 Å². The van der Waals surface area contributed by atoms with Crippen LogP contribution in [0.4, 0.5) is 19.1 Å². The topological polar surface area (TPSA) is 60.2 Å². The van der Waals surface area contributed by atoms with Crippen LogP contribution in [0.1, 0.15) is 11.3 Å². The number of benzene rings is 1. The summed E-state index contributed by atoms with van der Waals surface area (Å²) >= 11 is 0. The number of aromatic nitrogens is 2. The van der Waals surface area contributed by atoms with Crippen molar-refractivity contribution in [1.82, 2.24) is 9.97 Å². The molecule has 0 aliphatic carbocycles. The van der Waals surface area contributed by atoms with E-state index in [9.17, 15) is 13.2 Å². The lowest BCUT2D eigenvalue weighted by molar-refractivity contribution is -0.141. The summed E-state index contributed by atoms with van der Waals surface area (Å²) in [4.78, 5) is 7.65. The summed E-state index contributed by atoms with van der Waals surface area (Å²) in [5, 5.41) is 2.81. The first-order valence-corrected chi connectivity index (χ1v) is 7.32. The molecule has 0 fully saturated rings. The average molecular weight is 349 g/mol. The van der Waals surface area contributed by atoms with Gasteiger partial charge in [0.2, 0.25) is 5.95 Å². The average Bonchev–Trinajstić information content (AvgIpc) is 3.14. The molecule has 2 aromatic heterocycles. The Hall–Kier alpha value is -3.03. The van der Waals surface area contributed by atoms with Crippen molar-refractivity contribution in [1.29, 1.82) is 0 Å². The van der Waals surface area contributed by atoms with Crippen LogP contribution in [0.25, 0.3) is 11.5 Å². The lowest BCUT2D eigenvalue weighted by Gasteiger charge is -2.11. The summed E-state index contributed by atoms with van der Waals surface area (Å²) in [5.74, 6) is 0.752. The Kier molecular flexibility index (Phi) is 4.60. The molecule has 0 saturated heterocycles. The minimum absolute atomic E-state index is 0.0560. The Morgan fingerprint density at radius 2 is 1.96 bits per heavy atom. The van der Waals surface area contributed by atoms with Gasteiger partial charge in [0.05, 0.1) is 13.4 Å². The van der Waals surface area contributed by atoms with Crippen LogP contribution in [-0.2, 0) is 12.7 Å². The van der Waals surface area contributed by atoms with Crippen LogP contribution in [0, 0.1) is 0 Å². The van der Waals surface area contributed by atoms with E-state index in [0.29, 0.717) is 5.75 Å². The minimum atomic E-state index is -4.59. The number of hydrogen-bond donors (Lipinski definition) is 1. The van der Waals surface area contributed by atoms with Gasteiger partial charge in [0.25, 0.3) is 0 Å². The number of nitrogens with one attached hydrogen (secondary N) is 1.